The second-order valence-corrected chi connectivity index (χ2v) is 3.51. The third kappa shape index (κ3) is 1.94. The van der Waals surface area contributed by atoms with Crippen molar-refractivity contribution in [2.24, 2.45) is 11.8 Å². The van der Waals surface area contributed by atoms with Gasteiger partial charge in [-0.05, 0) is 30.7 Å². The van der Waals surface area contributed by atoms with Gasteiger partial charge in [-0.2, -0.15) is 6.92 Å². The number of nitrogens with one attached hydrogen (secondary N) is 1. The van der Waals surface area contributed by atoms with E-state index in [1.165, 1.54) is 12.8 Å². The van der Waals surface area contributed by atoms with Crippen LogP contribution in [0, 0.1) is 18.4 Å². The van der Waals surface area contributed by atoms with E-state index in [-0.39, 0.29) is 0 Å². The molecule has 0 aromatic carbocycles. The fraction of sp³-hybridized carbons (Fsp3) is 0.889. The van der Waals surface area contributed by atoms with Crippen LogP contribution >= 0.6 is 0 Å². The molecule has 0 saturated heterocycles. The summed E-state index contributed by atoms with van der Waals surface area (Å²) in [5, 5.41) is 3.42. The molecule has 0 aromatic rings. The number of rotatable bonds is 2. The topological polar surface area (TPSA) is 12.0 Å². The maximum absolute atomic E-state index is 3.42. The molecular formula is C9H18LrN-. The Morgan fingerprint density at radius 2 is 1.64 bits per heavy atom. The van der Waals surface area contributed by atoms with Crippen molar-refractivity contribution >= 4 is 0 Å². The van der Waals surface area contributed by atoms with Crippen molar-refractivity contribution in [3.8, 4) is 0 Å². The molecule has 0 amide bonds. The molecule has 0 heterocycles. The normalized spacial score (nSPS) is 36.8. The second-order valence-electron chi connectivity index (χ2n) is 3.51. The van der Waals surface area contributed by atoms with Gasteiger partial charge in [-0.3, -0.25) is 6.54 Å². The summed E-state index contributed by atoms with van der Waals surface area (Å²) in [4.78, 5) is 0. The molecule has 2 heteroatoms. The minimum atomic E-state index is 0. The van der Waals surface area contributed by atoms with Crippen LogP contribution in [0.25, 0.3) is 0 Å². The Morgan fingerprint density at radius 3 is 2.00 bits per heavy atom. The summed E-state index contributed by atoms with van der Waals surface area (Å²) < 4.78 is 0. The Balaban J connectivity index is 0.000001000. The van der Waals surface area contributed by atoms with E-state index in [4.69, 9.17) is 0 Å². The van der Waals surface area contributed by atoms with Crippen molar-refractivity contribution in [2.45, 2.75) is 39.7 Å². The van der Waals surface area contributed by atoms with Gasteiger partial charge in [-0.25, -0.2) is 0 Å². The molecule has 0 aromatic heterocycles. The van der Waals surface area contributed by atoms with Crippen molar-refractivity contribution < 1.29 is 0 Å². The third-order valence-electron chi connectivity index (χ3n) is 2.66. The zero-order chi connectivity index (χ0) is 7.56. The van der Waals surface area contributed by atoms with E-state index in [1.807, 2.05) is 0 Å². The zero-order valence-corrected chi connectivity index (χ0v) is 9.63. The first kappa shape index (κ1) is 9.96. The van der Waals surface area contributed by atoms with Crippen LogP contribution in [0.4, 0.5) is 0 Å². The Kier molecular flexibility index (Phi) is 3.59. The first-order chi connectivity index (χ1) is 4.75. The molecule has 1 saturated carbocycles. The van der Waals surface area contributed by atoms with Crippen molar-refractivity contribution in [1.29, 1.82) is 0 Å². The van der Waals surface area contributed by atoms with Gasteiger partial charge in [0.25, 0.3) is 0 Å². The largest absolute Gasteiger partial charge is 0.467 e. The molecule has 11 heavy (non-hydrogen) atoms. The van der Waals surface area contributed by atoms with E-state index in [1.54, 1.807) is 0 Å². The summed E-state index contributed by atoms with van der Waals surface area (Å²) in [6.45, 7) is 8.82. The van der Waals surface area contributed by atoms with E-state index in [9.17, 15) is 0 Å². The Bertz CT molecular complexity index is 95.7. The first-order valence-electron chi connectivity index (χ1n) is 4.29. The van der Waals surface area contributed by atoms with Gasteiger partial charge >= 0.3 is 0 Å². The first-order valence-corrected chi connectivity index (χ1v) is 4.29. The number of hydrogen-bond donors (Lipinski definition) is 1. The summed E-state index contributed by atoms with van der Waals surface area (Å²) in [5.41, 5.74) is 0. The summed E-state index contributed by atoms with van der Waals surface area (Å²) >= 11 is 0. The summed E-state index contributed by atoms with van der Waals surface area (Å²) in [6.07, 6.45) is 2.79. The molecule has 0 bridgehead atoms. The van der Waals surface area contributed by atoms with Crippen LogP contribution in [0.15, 0.2) is 0 Å². The fourth-order valence-corrected chi connectivity index (χ4v) is 1.97. The molecule has 1 aliphatic carbocycles. The molecule has 75 valence electrons. The van der Waals surface area contributed by atoms with Gasteiger partial charge in [0.2, 0.25) is 0 Å². The average molecular weight is 402 g/mol. The Morgan fingerprint density at radius 1 is 1.18 bits per heavy atom. The summed E-state index contributed by atoms with van der Waals surface area (Å²) in [6, 6.07) is 0.741. The maximum atomic E-state index is 3.42. The van der Waals surface area contributed by atoms with Crippen molar-refractivity contribution in [3.05, 3.63) is 6.54 Å². The van der Waals surface area contributed by atoms with Crippen molar-refractivity contribution in [1.82, 2.24) is 5.32 Å². The molecule has 0 aliphatic heterocycles. The molecule has 1 radical (unpaired) electrons. The monoisotopic (exact) mass is 402 g/mol. The van der Waals surface area contributed by atoms with Gasteiger partial charge in [0.05, 0.1) is 0 Å². The second kappa shape index (κ2) is 3.97. The van der Waals surface area contributed by atoms with Crippen LogP contribution < -0.4 is 5.32 Å². The van der Waals surface area contributed by atoms with Crippen molar-refractivity contribution in [3.63, 3.8) is 0 Å². The molecule has 0 spiro atoms. The molecule has 2 unspecified atom stereocenters. The Hall–Kier alpha value is -1.04. The zero-order valence-electron chi connectivity index (χ0n) is 7.48. The van der Waals surface area contributed by atoms with E-state index in [0.29, 0.717) is 0 Å². The summed E-state index contributed by atoms with van der Waals surface area (Å²) in [5.74, 6) is 1.73. The van der Waals surface area contributed by atoms with Gasteiger partial charge in [0, 0.05) is 0 Å². The molecular weight excluding hydrogens is 384 g/mol. The molecule has 1 fully saturated rings. The van der Waals surface area contributed by atoms with Crippen LogP contribution in [0.5, 0.6) is 0 Å². The van der Waals surface area contributed by atoms with Gasteiger partial charge in [-0.1, -0.05) is 13.8 Å². The van der Waals surface area contributed by atoms with E-state index in [2.05, 4.69) is 32.6 Å². The van der Waals surface area contributed by atoms with Crippen LogP contribution in [0.2, 0.25) is 0 Å². The van der Waals surface area contributed by atoms with Gasteiger partial charge < -0.3 is 5.32 Å². The fourth-order valence-electron chi connectivity index (χ4n) is 1.97. The Labute approximate surface area is 64.2 Å². The molecule has 1 N–H and O–H groups in total. The smallest absolute Gasteiger partial charge is 0 e. The van der Waals surface area contributed by atoms with E-state index >= 15 is 0 Å². The average Bonchev–Trinajstić information content (AvgIpc) is 2.20. The van der Waals surface area contributed by atoms with Crippen LogP contribution in [-0.4, -0.2) is 6.04 Å². The van der Waals surface area contributed by atoms with Crippen molar-refractivity contribution in [2.75, 3.05) is 0 Å². The molecule has 1 nitrogen and oxygen atoms in total. The van der Waals surface area contributed by atoms with Crippen LogP contribution in [-0.2, 0) is 0 Å². The minimum absolute atomic E-state index is 0. The van der Waals surface area contributed by atoms with Gasteiger partial charge in [-0.15, -0.1) is 0 Å². The molecule has 2 atom stereocenters. The number of hydrogen-bond acceptors (Lipinski definition) is 1. The van der Waals surface area contributed by atoms with E-state index in [0.717, 1.165) is 17.9 Å². The van der Waals surface area contributed by atoms with Crippen LogP contribution in [0.3, 0.4) is 0 Å². The molecule has 1 aliphatic rings. The minimum Gasteiger partial charge on any atom is -0.467 e. The summed E-state index contributed by atoms with van der Waals surface area (Å²) in [7, 11) is 0. The third-order valence-corrected chi connectivity index (χ3v) is 2.66. The van der Waals surface area contributed by atoms with E-state index < -0.39 is 0 Å². The van der Waals surface area contributed by atoms with Gasteiger partial charge in [0.1, 0.15) is 0 Å². The van der Waals surface area contributed by atoms with Gasteiger partial charge in [0.15, 0.2) is 0 Å². The quantitative estimate of drug-likeness (QED) is 0.699. The predicted octanol–water partition coefficient (Wildman–Crippen LogP) is 2.19. The predicted molar refractivity (Wildman–Crippen MR) is 44.5 cm³/mol. The standard InChI is InChI=1S/C9H18N.Lr/c1-4-10-9-7(2)5-6-8(9)3;/h4,7-10H,5-6H2,1-3H3;/q-1;. The SMILES string of the molecule is C[CH-]NC1C(C)CCC1C.[Lr]. The van der Waals surface area contributed by atoms with Crippen LogP contribution in [0.1, 0.15) is 33.6 Å². The maximum Gasteiger partial charge on any atom is 0 e. The molecule has 1 rings (SSSR count).